The van der Waals surface area contributed by atoms with Gasteiger partial charge in [0, 0.05) is 0 Å². The fourth-order valence-electron chi connectivity index (χ4n) is 0.417. The van der Waals surface area contributed by atoms with Crippen molar-refractivity contribution >= 4 is 7.82 Å². The predicted octanol–water partition coefficient (Wildman–Crippen LogP) is 1.78. The van der Waals surface area contributed by atoms with Gasteiger partial charge < -0.3 is 9.79 Å². The molecule has 0 saturated heterocycles. The van der Waals surface area contributed by atoms with E-state index >= 15 is 0 Å². The lowest BCUT2D eigenvalue weighted by atomic mass is 9.82. The van der Waals surface area contributed by atoms with Crippen LogP contribution < -0.4 is 0 Å². The van der Waals surface area contributed by atoms with Crippen LogP contribution >= 0.6 is 7.82 Å². The Labute approximate surface area is 73.2 Å². The third kappa shape index (κ3) is 4.88. The van der Waals surface area contributed by atoms with Crippen LogP contribution in [0.3, 0.4) is 0 Å². The lowest BCUT2D eigenvalue weighted by Crippen LogP contribution is -2.24. The summed E-state index contributed by atoms with van der Waals surface area (Å²) >= 11 is 0. The highest BCUT2D eigenvalue weighted by Crippen LogP contribution is 2.39. The zero-order chi connectivity index (χ0) is 9.99. The van der Waals surface area contributed by atoms with Crippen LogP contribution in [0.15, 0.2) is 0 Å². The minimum atomic E-state index is -4.30. The lowest BCUT2D eigenvalue weighted by molar-refractivity contribution is 0.0970. The third-order valence-electron chi connectivity index (χ3n) is 2.17. The zero-order valence-electron chi connectivity index (χ0n) is 7.94. The smallest absolute Gasteiger partial charge is 0.303 e. The first-order chi connectivity index (χ1) is 5.15. The van der Waals surface area contributed by atoms with Gasteiger partial charge in [-0.1, -0.05) is 27.7 Å². The fourth-order valence-corrected chi connectivity index (χ4v) is 0.918. The number of phosphoric ester groups is 1. The number of rotatable bonds is 4. The van der Waals surface area contributed by atoms with Crippen molar-refractivity contribution in [2.24, 2.45) is 11.3 Å². The Hall–Kier alpha value is 0.110. The van der Waals surface area contributed by atoms with Crippen molar-refractivity contribution in [3.8, 4) is 0 Å². The molecule has 0 aliphatic heterocycles. The molecule has 0 aliphatic carbocycles. The van der Waals surface area contributed by atoms with Crippen LogP contribution in [0.25, 0.3) is 0 Å². The molecule has 5 heteroatoms. The molecule has 0 rings (SSSR count). The average Bonchev–Trinajstić information content (AvgIpc) is 1.82. The van der Waals surface area contributed by atoms with Crippen LogP contribution in [0, 0.1) is 11.3 Å². The average molecular weight is 196 g/mol. The van der Waals surface area contributed by atoms with E-state index in [1.165, 1.54) is 0 Å². The Morgan fingerprint density at radius 2 is 1.83 bits per heavy atom. The summed E-state index contributed by atoms with van der Waals surface area (Å²) < 4.78 is 14.8. The molecule has 0 unspecified atom stereocenters. The summed E-state index contributed by atoms with van der Waals surface area (Å²) in [6.45, 7) is 7.88. The van der Waals surface area contributed by atoms with E-state index in [1.54, 1.807) is 0 Å². The molecular weight excluding hydrogens is 179 g/mol. The van der Waals surface area contributed by atoms with Crippen LogP contribution in [0.2, 0.25) is 0 Å². The molecule has 0 aromatic heterocycles. The molecule has 2 N–H and O–H groups in total. The van der Waals surface area contributed by atoms with Gasteiger partial charge in [0.15, 0.2) is 0 Å². The van der Waals surface area contributed by atoms with Crippen molar-refractivity contribution in [3.63, 3.8) is 0 Å². The van der Waals surface area contributed by atoms with E-state index in [1.807, 2.05) is 27.7 Å². The largest absolute Gasteiger partial charge is 0.469 e. The molecule has 0 spiro atoms. The minimum Gasteiger partial charge on any atom is -0.303 e. The SMILES string of the molecule is CC(C)C(C)(C)COP(=O)(O)O. The highest BCUT2D eigenvalue weighted by Gasteiger charge is 2.26. The Balaban J connectivity index is 4.01. The summed E-state index contributed by atoms with van der Waals surface area (Å²) in [4.78, 5) is 16.9. The summed E-state index contributed by atoms with van der Waals surface area (Å²) in [5, 5.41) is 0. The quantitative estimate of drug-likeness (QED) is 0.672. The summed E-state index contributed by atoms with van der Waals surface area (Å²) in [5.41, 5.74) is -0.207. The maximum absolute atomic E-state index is 10.4. The molecule has 4 nitrogen and oxygen atoms in total. The van der Waals surface area contributed by atoms with E-state index in [0.717, 1.165) is 0 Å². The molecule has 0 radical (unpaired) electrons. The standard InChI is InChI=1S/C7H17O4P/c1-6(2)7(3,4)5-11-12(8,9)10/h6H,5H2,1-4H3,(H2,8,9,10). The van der Waals surface area contributed by atoms with E-state index < -0.39 is 7.82 Å². The van der Waals surface area contributed by atoms with Gasteiger partial charge in [0.2, 0.25) is 0 Å². The summed E-state index contributed by atoms with van der Waals surface area (Å²) in [7, 11) is -4.30. The molecule has 0 atom stereocenters. The maximum Gasteiger partial charge on any atom is 0.469 e. The number of hydrogen-bond donors (Lipinski definition) is 2. The van der Waals surface area contributed by atoms with E-state index in [2.05, 4.69) is 4.52 Å². The molecule has 0 saturated carbocycles. The highest BCUT2D eigenvalue weighted by molar-refractivity contribution is 7.46. The summed E-state index contributed by atoms with van der Waals surface area (Å²) in [6, 6.07) is 0. The van der Waals surface area contributed by atoms with Crippen molar-refractivity contribution in [2.45, 2.75) is 27.7 Å². The molecule has 0 aliphatic rings. The summed E-state index contributed by atoms with van der Waals surface area (Å²) in [6.07, 6.45) is 0. The zero-order valence-corrected chi connectivity index (χ0v) is 8.84. The van der Waals surface area contributed by atoms with Gasteiger partial charge in [-0.25, -0.2) is 4.57 Å². The van der Waals surface area contributed by atoms with Gasteiger partial charge in [-0.3, -0.25) is 4.52 Å². The van der Waals surface area contributed by atoms with E-state index in [4.69, 9.17) is 9.79 Å². The van der Waals surface area contributed by atoms with Crippen molar-refractivity contribution in [3.05, 3.63) is 0 Å². The van der Waals surface area contributed by atoms with Crippen molar-refractivity contribution in [1.82, 2.24) is 0 Å². The van der Waals surface area contributed by atoms with Gasteiger partial charge in [0.25, 0.3) is 0 Å². The monoisotopic (exact) mass is 196 g/mol. The molecule has 0 fully saturated rings. The fraction of sp³-hybridized carbons (Fsp3) is 1.00. The second-order valence-electron chi connectivity index (χ2n) is 3.91. The second-order valence-corrected chi connectivity index (χ2v) is 5.15. The molecule has 0 amide bonds. The van der Waals surface area contributed by atoms with Crippen molar-refractivity contribution in [1.29, 1.82) is 0 Å². The molecule has 74 valence electrons. The topological polar surface area (TPSA) is 66.8 Å². The van der Waals surface area contributed by atoms with E-state index in [9.17, 15) is 4.57 Å². The van der Waals surface area contributed by atoms with Gasteiger partial charge in [-0.05, 0) is 11.3 Å². The predicted molar refractivity (Wildman–Crippen MR) is 46.6 cm³/mol. The third-order valence-corrected chi connectivity index (χ3v) is 2.63. The van der Waals surface area contributed by atoms with E-state index in [-0.39, 0.29) is 12.0 Å². The van der Waals surface area contributed by atoms with Gasteiger partial charge in [-0.15, -0.1) is 0 Å². The van der Waals surface area contributed by atoms with Crippen LogP contribution in [-0.2, 0) is 9.09 Å². The highest BCUT2D eigenvalue weighted by atomic mass is 31.2. The Morgan fingerprint density at radius 1 is 1.42 bits per heavy atom. The first kappa shape index (κ1) is 12.1. The molecule has 12 heavy (non-hydrogen) atoms. The Bertz CT molecular complexity index is 182. The van der Waals surface area contributed by atoms with Crippen molar-refractivity contribution < 1.29 is 18.9 Å². The summed E-state index contributed by atoms with van der Waals surface area (Å²) in [5.74, 6) is 0.323. The van der Waals surface area contributed by atoms with Gasteiger partial charge >= 0.3 is 7.82 Å². The first-order valence-corrected chi connectivity index (χ1v) is 5.38. The number of phosphoric acid groups is 1. The van der Waals surface area contributed by atoms with Crippen molar-refractivity contribution in [2.75, 3.05) is 6.61 Å². The molecule has 0 aromatic rings. The minimum absolute atomic E-state index is 0.0783. The number of hydrogen-bond acceptors (Lipinski definition) is 2. The molecule has 0 aromatic carbocycles. The van der Waals surface area contributed by atoms with Crippen LogP contribution in [0.1, 0.15) is 27.7 Å². The Kier molecular flexibility index (Phi) is 3.91. The molecular formula is C7H17O4P. The first-order valence-electron chi connectivity index (χ1n) is 3.85. The van der Waals surface area contributed by atoms with Crippen LogP contribution in [0.5, 0.6) is 0 Å². The maximum atomic E-state index is 10.4. The molecule has 0 heterocycles. The normalized spacial score (nSPS) is 13.9. The van der Waals surface area contributed by atoms with Crippen LogP contribution in [-0.4, -0.2) is 16.4 Å². The second kappa shape index (κ2) is 3.88. The van der Waals surface area contributed by atoms with Gasteiger partial charge in [0.05, 0.1) is 6.61 Å². The van der Waals surface area contributed by atoms with Gasteiger partial charge in [0.1, 0.15) is 0 Å². The Morgan fingerprint density at radius 3 is 2.08 bits per heavy atom. The van der Waals surface area contributed by atoms with Gasteiger partial charge in [-0.2, -0.15) is 0 Å². The lowest BCUT2D eigenvalue weighted by Gasteiger charge is -2.28. The van der Waals surface area contributed by atoms with Crippen LogP contribution in [0.4, 0.5) is 0 Å². The van der Waals surface area contributed by atoms with E-state index in [0.29, 0.717) is 5.92 Å². The molecule has 0 bridgehead atoms.